The van der Waals surface area contributed by atoms with E-state index in [1.807, 2.05) is 11.8 Å². The van der Waals surface area contributed by atoms with Crippen molar-refractivity contribution in [2.24, 2.45) is 22.7 Å². The molecular formula is C16H29F3IN3S. The molecule has 2 atom stereocenters. The Morgan fingerprint density at radius 1 is 1.04 bits per heavy atom. The lowest BCUT2D eigenvalue weighted by atomic mass is 9.79. The number of halogens is 4. The van der Waals surface area contributed by atoms with E-state index in [4.69, 9.17) is 0 Å². The molecule has 142 valence electrons. The Morgan fingerprint density at radius 3 is 2.29 bits per heavy atom. The van der Waals surface area contributed by atoms with E-state index in [0.29, 0.717) is 31.3 Å². The number of nitrogens with one attached hydrogen (secondary N) is 2. The zero-order chi connectivity index (χ0) is 16.7. The Bertz CT molecular complexity index is 387. The highest BCUT2D eigenvalue weighted by Gasteiger charge is 2.45. The van der Waals surface area contributed by atoms with E-state index in [1.54, 1.807) is 7.05 Å². The van der Waals surface area contributed by atoms with Gasteiger partial charge in [0, 0.05) is 20.1 Å². The third-order valence-corrected chi connectivity index (χ3v) is 6.03. The van der Waals surface area contributed by atoms with Crippen LogP contribution in [0.15, 0.2) is 4.99 Å². The highest BCUT2D eigenvalue weighted by molar-refractivity contribution is 14.0. The molecule has 1 aliphatic carbocycles. The molecule has 0 bridgehead atoms. The van der Waals surface area contributed by atoms with E-state index in [0.717, 1.165) is 13.0 Å². The summed E-state index contributed by atoms with van der Waals surface area (Å²) >= 11 is 1.99. The molecule has 8 heteroatoms. The maximum atomic E-state index is 13.1. The Morgan fingerprint density at radius 2 is 1.67 bits per heavy atom. The van der Waals surface area contributed by atoms with E-state index in [2.05, 4.69) is 15.6 Å². The number of nitrogens with zero attached hydrogens (tertiary/aromatic N) is 1. The van der Waals surface area contributed by atoms with Gasteiger partial charge in [0.1, 0.15) is 0 Å². The second-order valence-corrected chi connectivity index (χ2v) is 7.81. The second-order valence-electron chi connectivity index (χ2n) is 6.58. The summed E-state index contributed by atoms with van der Waals surface area (Å²) in [7, 11) is 1.67. The van der Waals surface area contributed by atoms with Crippen LogP contribution < -0.4 is 10.6 Å². The normalized spacial score (nSPS) is 26.6. The molecule has 1 heterocycles. The molecule has 1 saturated carbocycles. The minimum atomic E-state index is -4.08. The van der Waals surface area contributed by atoms with Crippen molar-refractivity contribution in [3.05, 3.63) is 0 Å². The Balaban J connectivity index is 0.00000288. The van der Waals surface area contributed by atoms with Crippen molar-refractivity contribution in [1.82, 2.24) is 10.6 Å². The predicted molar refractivity (Wildman–Crippen MR) is 106 cm³/mol. The van der Waals surface area contributed by atoms with Gasteiger partial charge in [-0.25, -0.2) is 0 Å². The zero-order valence-electron chi connectivity index (χ0n) is 14.2. The Kier molecular flexibility index (Phi) is 10.1. The molecule has 0 aromatic carbocycles. The summed E-state index contributed by atoms with van der Waals surface area (Å²) in [5.41, 5.74) is 0. The average molecular weight is 479 g/mol. The lowest BCUT2D eigenvalue weighted by Gasteiger charge is -2.33. The van der Waals surface area contributed by atoms with Gasteiger partial charge in [-0.05, 0) is 49.0 Å². The molecule has 1 saturated heterocycles. The molecule has 0 aromatic heterocycles. The van der Waals surface area contributed by atoms with Crippen LogP contribution in [-0.2, 0) is 0 Å². The van der Waals surface area contributed by atoms with Gasteiger partial charge in [-0.1, -0.05) is 12.8 Å². The van der Waals surface area contributed by atoms with Crippen LogP contribution in [0.1, 0.15) is 38.5 Å². The minimum absolute atomic E-state index is 0. The average Bonchev–Trinajstić information content (AvgIpc) is 2.55. The van der Waals surface area contributed by atoms with E-state index in [-0.39, 0.29) is 36.3 Å². The van der Waals surface area contributed by atoms with Gasteiger partial charge in [0.25, 0.3) is 0 Å². The van der Waals surface area contributed by atoms with Gasteiger partial charge in [0.15, 0.2) is 5.96 Å². The first-order valence-corrected chi connectivity index (χ1v) is 9.75. The first kappa shape index (κ1) is 22.2. The maximum absolute atomic E-state index is 13.1. The highest BCUT2D eigenvalue weighted by Crippen LogP contribution is 2.41. The van der Waals surface area contributed by atoms with Gasteiger partial charge in [0.2, 0.25) is 0 Å². The molecule has 3 nitrogen and oxygen atoms in total. The molecular weight excluding hydrogens is 450 g/mol. The fourth-order valence-corrected chi connectivity index (χ4v) is 4.73. The largest absolute Gasteiger partial charge is 0.392 e. The minimum Gasteiger partial charge on any atom is -0.356 e. The van der Waals surface area contributed by atoms with Crippen LogP contribution in [0, 0.1) is 17.8 Å². The van der Waals surface area contributed by atoms with Gasteiger partial charge in [0.05, 0.1) is 5.92 Å². The van der Waals surface area contributed by atoms with Crippen LogP contribution in [-0.4, -0.2) is 43.8 Å². The number of aliphatic imine (C=N–C) groups is 1. The summed E-state index contributed by atoms with van der Waals surface area (Å²) in [6.07, 6.45) is 0.817. The van der Waals surface area contributed by atoms with Crippen LogP contribution in [0.5, 0.6) is 0 Å². The molecule has 0 spiro atoms. The fraction of sp³-hybridized carbons (Fsp3) is 0.938. The summed E-state index contributed by atoms with van der Waals surface area (Å²) in [5.74, 6) is 2.18. The van der Waals surface area contributed by atoms with Crippen LogP contribution in [0.3, 0.4) is 0 Å². The maximum Gasteiger partial charge on any atom is 0.392 e. The molecule has 1 aliphatic heterocycles. The summed E-state index contributed by atoms with van der Waals surface area (Å²) in [6, 6.07) is 0. The van der Waals surface area contributed by atoms with Crippen molar-refractivity contribution in [3.63, 3.8) is 0 Å². The lowest BCUT2D eigenvalue weighted by molar-refractivity contribution is -0.195. The number of thioether (sulfide) groups is 1. The number of hydrogen-bond acceptors (Lipinski definition) is 2. The van der Waals surface area contributed by atoms with Crippen molar-refractivity contribution in [2.75, 3.05) is 31.6 Å². The monoisotopic (exact) mass is 479 g/mol. The molecule has 2 N–H and O–H groups in total. The highest BCUT2D eigenvalue weighted by atomic mass is 127. The number of hydrogen-bond donors (Lipinski definition) is 2. The third kappa shape index (κ3) is 7.17. The summed E-state index contributed by atoms with van der Waals surface area (Å²) in [5, 5.41) is 6.40. The van der Waals surface area contributed by atoms with Gasteiger partial charge in [-0.15, -0.1) is 24.0 Å². The van der Waals surface area contributed by atoms with Crippen LogP contribution in [0.25, 0.3) is 0 Å². The molecule has 2 rings (SSSR count). The van der Waals surface area contributed by atoms with Crippen molar-refractivity contribution in [3.8, 4) is 0 Å². The number of rotatable bonds is 4. The van der Waals surface area contributed by atoms with Gasteiger partial charge >= 0.3 is 6.18 Å². The van der Waals surface area contributed by atoms with Gasteiger partial charge in [-0.3, -0.25) is 4.99 Å². The molecule has 0 amide bonds. The smallest absolute Gasteiger partial charge is 0.356 e. The first-order valence-electron chi connectivity index (χ1n) is 8.59. The van der Waals surface area contributed by atoms with Gasteiger partial charge in [-0.2, -0.15) is 24.9 Å². The zero-order valence-corrected chi connectivity index (χ0v) is 17.3. The summed E-state index contributed by atoms with van der Waals surface area (Å²) < 4.78 is 39.3. The van der Waals surface area contributed by atoms with Crippen molar-refractivity contribution >= 4 is 41.7 Å². The second kappa shape index (κ2) is 11.0. The summed E-state index contributed by atoms with van der Waals surface area (Å²) in [4.78, 5) is 4.15. The van der Waals surface area contributed by atoms with Crippen LogP contribution >= 0.6 is 35.7 Å². The topological polar surface area (TPSA) is 36.4 Å². The van der Waals surface area contributed by atoms with E-state index in [1.165, 1.54) is 24.3 Å². The van der Waals surface area contributed by atoms with E-state index < -0.39 is 12.1 Å². The van der Waals surface area contributed by atoms with E-state index >= 15 is 0 Å². The number of guanidine groups is 1. The SMILES string of the molecule is CN=C(NCC1CCSCC1)NCC1CCCCC1C(F)(F)F.I. The van der Waals surface area contributed by atoms with E-state index in [9.17, 15) is 13.2 Å². The number of alkyl halides is 3. The first-order chi connectivity index (χ1) is 11.0. The van der Waals surface area contributed by atoms with Crippen molar-refractivity contribution in [2.45, 2.75) is 44.7 Å². The standard InChI is InChI=1S/C16H28F3N3S.HI/c1-20-15(21-10-12-6-8-23-9-7-12)22-11-13-4-2-3-5-14(13)16(17,18)19;/h12-14H,2-11H2,1H3,(H2,20,21,22);1H. The molecule has 2 unspecified atom stereocenters. The Hall–Kier alpha value is 0.140. The summed E-state index contributed by atoms with van der Waals surface area (Å²) in [6.45, 7) is 1.21. The quantitative estimate of drug-likeness (QED) is 0.359. The molecule has 0 aromatic rings. The molecule has 2 fully saturated rings. The fourth-order valence-electron chi connectivity index (χ4n) is 3.52. The van der Waals surface area contributed by atoms with Crippen LogP contribution in [0.4, 0.5) is 13.2 Å². The molecule has 24 heavy (non-hydrogen) atoms. The predicted octanol–water partition coefficient (Wildman–Crippen LogP) is 4.28. The molecule has 0 radical (unpaired) electrons. The van der Waals surface area contributed by atoms with Crippen molar-refractivity contribution in [1.29, 1.82) is 0 Å². The third-order valence-electron chi connectivity index (χ3n) is 4.98. The van der Waals surface area contributed by atoms with Crippen molar-refractivity contribution < 1.29 is 13.2 Å². The molecule has 2 aliphatic rings. The lowest BCUT2D eigenvalue weighted by Crippen LogP contribution is -2.45. The van der Waals surface area contributed by atoms with Gasteiger partial charge < -0.3 is 10.6 Å². The van der Waals surface area contributed by atoms with Crippen LogP contribution in [0.2, 0.25) is 0 Å². The Labute approximate surface area is 164 Å².